The van der Waals surface area contributed by atoms with E-state index in [1.54, 1.807) is 18.5 Å². The summed E-state index contributed by atoms with van der Waals surface area (Å²) < 4.78 is 41.2. The third-order valence-electron chi connectivity index (χ3n) is 5.47. The van der Waals surface area contributed by atoms with Crippen LogP contribution in [0.2, 0.25) is 5.02 Å². The van der Waals surface area contributed by atoms with Crippen molar-refractivity contribution in [3.05, 3.63) is 77.7 Å². The van der Waals surface area contributed by atoms with Crippen LogP contribution in [0, 0.1) is 17.5 Å². The molecule has 0 N–H and O–H groups in total. The Labute approximate surface area is 197 Å². The van der Waals surface area contributed by atoms with E-state index in [4.69, 9.17) is 16.6 Å². The van der Waals surface area contributed by atoms with Gasteiger partial charge in [0.05, 0.1) is 29.3 Å². The molecule has 1 aliphatic rings. The zero-order valence-electron chi connectivity index (χ0n) is 17.7. The monoisotopic (exact) mass is 483 g/mol. The average Bonchev–Trinajstić information content (AvgIpc) is 2.85. The number of anilines is 2. The van der Waals surface area contributed by atoms with E-state index >= 15 is 0 Å². The van der Waals surface area contributed by atoms with Crippen molar-refractivity contribution in [2.24, 2.45) is 0 Å². The van der Waals surface area contributed by atoms with Gasteiger partial charge in [0.15, 0.2) is 5.82 Å². The van der Waals surface area contributed by atoms with E-state index < -0.39 is 17.5 Å². The van der Waals surface area contributed by atoms with Crippen molar-refractivity contribution in [1.82, 2.24) is 24.9 Å². The molecule has 0 unspecified atom stereocenters. The summed E-state index contributed by atoms with van der Waals surface area (Å²) in [5, 5.41) is 0.330. The summed E-state index contributed by atoms with van der Waals surface area (Å²) in [5.74, 6) is -0.885. The van der Waals surface area contributed by atoms with Crippen molar-refractivity contribution in [3.8, 4) is 22.5 Å². The maximum atomic E-state index is 14.6. The van der Waals surface area contributed by atoms with Crippen molar-refractivity contribution in [3.63, 3.8) is 0 Å². The standard InChI is InChI=1S/C23H17ClF3N7/c24-18-12-28-4-3-16(18)22-21(17-2-1-14(25)9-19(17)27)29-13-20(32-22)33-5-7-34(8-6-33)23-30-10-15(26)11-31-23/h1-4,9-13H,5-8H2. The third kappa shape index (κ3) is 4.36. The first-order chi connectivity index (χ1) is 16.5. The number of hydrogen-bond acceptors (Lipinski definition) is 7. The normalized spacial score (nSPS) is 13.9. The molecule has 172 valence electrons. The topological polar surface area (TPSA) is 70.9 Å². The predicted molar refractivity (Wildman–Crippen MR) is 122 cm³/mol. The van der Waals surface area contributed by atoms with Gasteiger partial charge in [-0.3, -0.25) is 4.98 Å². The van der Waals surface area contributed by atoms with Gasteiger partial charge in [-0.2, -0.15) is 0 Å². The van der Waals surface area contributed by atoms with Crippen molar-refractivity contribution >= 4 is 23.4 Å². The van der Waals surface area contributed by atoms with Gasteiger partial charge in [-0.05, 0) is 18.2 Å². The molecule has 11 heteroatoms. The quantitative estimate of drug-likeness (QED) is 0.426. The van der Waals surface area contributed by atoms with Crippen LogP contribution in [-0.4, -0.2) is 51.1 Å². The molecule has 0 bridgehead atoms. The van der Waals surface area contributed by atoms with Crippen LogP contribution in [0.5, 0.6) is 0 Å². The number of halogens is 4. The van der Waals surface area contributed by atoms with Crippen LogP contribution >= 0.6 is 11.6 Å². The molecule has 0 aliphatic carbocycles. The molecule has 1 aromatic carbocycles. The van der Waals surface area contributed by atoms with Gasteiger partial charge in [0, 0.05) is 55.8 Å². The predicted octanol–water partition coefficient (Wildman–Crippen LogP) is 4.39. The van der Waals surface area contributed by atoms with Crippen LogP contribution in [0.25, 0.3) is 22.5 Å². The smallest absolute Gasteiger partial charge is 0.225 e. The van der Waals surface area contributed by atoms with Crippen LogP contribution in [0.15, 0.2) is 55.2 Å². The first-order valence-electron chi connectivity index (χ1n) is 10.4. The lowest BCUT2D eigenvalue weighted by Crippen LogP contribution is -2.47. The molecular formula is C23H17ClF3N7. The van der Waals surface area contributed by atoms with Gasteiger partial charge in [-0.1, -0.05) is 11.6 Å². The Morgan fingerprint density at radius 2 is 1.47 bits per heavy atom. The second-order valence-corrected chi connectivity index (χ2v) is 7.99. The molecule has 34 heavy (non-hydrogen) atoms. The van der Waals surface area contributed by atoms with E-state index in [9.17, 15) is 13.2 Å². The fourth-order valence-corrected chi connectivity index (χ4v) is 3.98. The number of piperazine rings is 1. The van der Waals surface area contributed by atoms with Crippen molar-refractivity contribution in [2.75, 3.05) is 36.0 Å². The van der Waals surface area contributed by atoms with Crippen LogP contribution in [0.1, 0.15) is 0 Å². The molecule has 0 radical (unpaired) electrons. The number of benzene rings is 1. The van der Waals surface area contributed by atoms with Crippen LogP contribution in [0.3, 0.4) is 0 Å². The molecule has 1 aliphatic heterocycles. The Bertz CT molecular complexity index is 1330. The van der Waals surface area contributed by atoms with Gasteiger partial charge in [0.25, 0.3) is 0 Å². The van der Waals surface area contributed by atoms with E-state index in [0.717, 1.165) is 18.5 Å². The van der Waals surface area contributed by atoms with E-state index in [0.29, 0.717) is 54.2 Å². The Morgan fingerprint density at radius 1 is 0.735 bits per heavy atom. The highest BCUT2D eigenvalue weighted by Crippen LogP contribution is 2.35. The summed E-state index contributed by atoms with van der Waals surface area (Å²) in [6.07, 6.45) is 6.86. The van der Waals surface area contributed by atoms with E-state index in [2.05, 4.69) is 19.9 Å². The minimum Gasteiger partial charge on any atom is -0.352 e. The third-order valence-corrected chi connectivity index (χ3v) is 5.77. The SMILES string of the molecule is Fc1cnc(N2CCN(c3cnc(-c4ccc(F)cc4F)c(-c4ccncc4Cl)n3)CC2)nc1. The van der Waals surface area contributed by atoms with Crippen LogP contribution < -0.4 is 9.80 Å². The lowest BCUT2D eigenvalue weighted by atomic mass is 10.0. The van der Waals surface area contributed by atoms with Gasteiger partial charge >= 0.3 is 0 Å². The Balaban J connectivity index is 1.48. The number of rotatable bonds is 4. The maximum Gasteiger partial charge on any atom is 0.225 e. The first kappa shape index (κ1) is 22.0. The average molecular weight is 484 g/mol. The highest BCUT2D eigenvalue weighted by Gasteiger charge is 2.23. The summed E-state index contributed by atoms with van der Waals surface area (Å²) in [4.78, 5) is 25.3. The highest BCUT2D eigenvalue weighted by atomic mass is 35.5. The van der Waals surface area contributed by atoms with Crippen molar-refractivity contribution < 1.29 is 13.2 Å². The van der Waals surface area contributed by atoms with Gasteiger partial charge in [-0.15, -0.1) is 0 Å². The van der Waals surface area contributed by atoms with Crippen molar-refractivity contribution in [2.45, 2.75) is 0 Å². The second-order valence-electron chi connectivity index (χ2n) is 7.58. The summed E-state index contributed by atoms with van der Waals surface area (Å²) in [5.41, 5.74) is 1.25. The zero-order chi connectivity index (χ0) is 23.7. The number of pyridine rings is 1. The van der Waals surface area contributed by atoms with Crippen LogP contribution in [-0.2, 0) is 0 Å². The van der Waals surface area contributed by atoms with Gasteiger partial charge < -0.3 is 9.80 Å². The highest BCUT2D eigenvalue weighted by molar-refractivity contribution is 6.33. The fraction of sp³-hybridized carbons (Fsp3) is 0.174. The van der Waals surface area contributed by atoms with E-state index in [-0.39, 0.29) is 11.3 Å². The molecule has 1 saturated heterocycles. The molecule has 7 nitrogen and oxygen atoms in total. The lowest BCUT2D eigenvalue weighted by molar-refractivity contribution is 0.585. The number of aromatic nitrogens is 5. The van der Waals surface area contributed by atoms with Gasteiger partial charge in [0.2, 0.25) is 5.95 Å². The Hall–Kier alpha value is -3.79. The molecule has 0 atom stereocenters. The van der Waals surface area contributed by atoms with Crippen molar-refractivity contribution in [1.29, 1.82) is 0 Å². The van der Waals surface area contributed by atoms with E-state index in [1.807, 2.05) is 9.80 Å². The molecule has 4 heterocycles. The molecule has 4 aromatic rings. The Kier molecular flexibility index (Phi) is 5.97. The minimum atomic E-state index is -0.749. The minimum absolute atomic E-state index is 0.113. The largest absolute Gasteiger partial charge is 0.352 e. The Morgan fingerprint density at radius 3 is 2.18 bits per heavy atom. The van der Waals surface area contributed by atoms with E-state index in [1.165, 1.54) is 18.3 Å². The molecule has 0 saturated carbocycles. The number of hydrogen-bond donors (Lipinski definition) is 0. The molecule has 1 fully saturated rings. The molecule has 5 rings (SSSR count). The summed E-state index contributed by atoms with van der Waals surface area (Å²) in [6, 6.07) is 4.97. The second kappa shape index (κ2) is 9.22. The molecule has 0 spiro atoms. The zero-order valence-corrected chi connectivity index (χ0v) is 18.4. The molecular weight excluding hydrogens is 467 g/mol. The molecule has 3 aromatic heterocycles. The van der Waals surface area contributed by atoms with Gasteiger partial charge in [0.1, 0.15) is 23.1 Å². The van der Waals surface area contributed by atoms with Crippen LogP contribution in [0.4, 0.5) is 24.9 Å². The molecule has 0 amide bonds. The maximum absolute atomic E-state index is 14.6. The fourth-order valence-electron chi connectivity index (χ4n) is 3.77. The summed E-state index contributed by atoms with van der Waals surface area (Å²) in [6.45, 7) is 2.35. The number of nitrogens with zero attached hydrogens (tertiary/aromatic N) is 7. The summed E-state index contributed by atoms with van der Waals surface area (Å²) in [7, 11) is 0. The van der Waals surface area contributed by atoms with Gasteiger partial charge in [-0.25, -0.2) is 33.1 Å². The lowest BCUT2D eigenvalue weighted by Gasteiger charge is -2.35. The first-order valence-corrected chi connectivity index (χ1v) is 10.8. The summed E-state index contributed by atoms with van der Waals surface area (Å²) >= 11 is 6.37.